The number of hydrogen-bond donors (Lipinski definition) is 0. The zero-order valence-corrected chi connectivity index (χ0v) is 21.4. The van der Waals surface area contributed by atoms with Gasteiger partial charge in [0.25, 0.3) is 0 Å². The van der Waals surface area contributed by atoms with E-state index in [2.05, 4.69) is 11.8 Å². The molecule has 0 bridgehead atoms. The van der Waals surface area contributed by atoms with E-state index in [0.717, 1.165) is 22.4 Å². The SMILES string of the molecule is C[C@@H]1CN(c2nccc3c2c(N2CCC2=O)cn3-c2cccc(F)c2)[C@@H](C)CN1C(=O)OC(C)(C)C. The van der Waals surface area contributed by atoms with E-state index < -0.39 is 5.60 Å². The molecule has 2 aromatic heterocycles. The summed E-state index contributed by atoms with van der Waals surface area (Å²) < 4.78 is 21.6. The number of nitrogens with zero attached hydrogens (tertiary/aromatic N) is 5. The van der Waals surface area contributed by atoms with E-state index in [1.54, 1.807) is 22.1 Å². The zero-order valence-electron chi connectivity index (χ0n) is 21.4. The second-order valence-corrected chi connectivity index (χ2v) is 10.7. The monoisotopic (exact) mass is 493 g/mol. The van der Waals surface area contributed by atoms with Crippen molar-refractivity contribution in [3.8, 4) is 5.69 Å². The van der Waals surface area contributed by atoms with Gasteiger partial charge in [-0.05, 0) is 58.9 Å². The third-order valence-corrected chi connectivity index (χ3v) is 6.79. The molecule has 0 saturated carbocycles. The van der Waals surface area contributed by atoms with Crippen LogP contribution >= 0.6 is 0 Å². The van der Waals surface area contributed by atoms with Crippen LogP contribution in [-0.2, 0) is 9.53 Å². The maximum absolute atomic E-state index is 14.1. The molecule has 5 rings (SSSR count). The van der Waals surface area contributed by atoms with Crippen LogP contribution in [0, 0.1) is 5.82 Å². The molecule has 1 aromatic carbocycles. The first-order valence-corrected chi connectivity index (χ1v) is 12.4. The van der Waals surface area contributed by atoms with Gasteiger partial charge in [-0.2, -0.15) is 0 Å². The average molecular weight is 494 g/mol. The molecule has 2 atom stereocenters. The fourth-order valence-corrected chi connectivity index (χ4v) is 4.97. The van der Waals surface area contributed by atoms with E-state index in [4.69, 9.17) is 9.72 Å². The molecule has 0 radical (unpaired) electrons. The number of pyridine rings is 1. The molecular formula is C27H32FN5O3. The Morgan fingerprint density at radius 2 is 1.92 bits per heavy atom. The van der Waals surface area contributed by atoms with Crippen molar-refractivity contribution in [3.63, 3.8) is 0 Å². The van der Waals surface area contributed by atoms with Gasteiger partial charge in [0.2, 0.25) is 5.91 Å². The summed E-state index contributed by atoms with van der Waals surface area (Å²) in [5, 5.41) is 0.847. The van der Waals surface area contributed by atoms with Crippen LogP contribution in [0.5, 0.6) is 0 Å². The third-order valence-electron chi connectivity index (χ3n) is 6.79. The summed E-state index contributed by atoms with van der Waals surface area (Å²) >= 11 is 0. The van der Waals surface area contributed by atoms with Crippen molar-refractivity contribution < 1.29 is 18.7 Å². The minimum absolute atomic E-state index is 0.0377. The molecule has 2 fully saturated rings. The summed E-state index contributed by atoms with van der Waals surface area (Å²) in [4.78, 5) is 35.8. The quantitative estimate of drug-likeness (QED) is 0.493. The number of hydrogen-bond acceptors (Lipinski definition) is 5. The van der Waals surface area contributed by atoms with E-state index in [0.29, 0.717) is 31.7 Å². The predicted octanol–water partition coefficient (Wildman–Crippen LogP) is 4.74. The van der Waals surface area contributed by atoms with Crippen molar-refractivity contribution in [2.24, 2.45) is 0 Å². The van der Waals surface area contributed by atoms with Crippen molar-refractivity contribution in [2.75, 3.05) is 29.4 Å². The molecule has 2 aliphatic heterocycles. The number of aromatic nitrogens is 2. The average Bonchev–Trinajstić information content (AvgIpc) is 3.17. The largest absolute Gasteiger partial charge is 0.444 e. The van der Waals surface area contributed by atoms with Gasteiger partial charge < -0.3 is 24.0 Å². The van der Waals surface area contributed by atoms with Crippen LogP contribution in [0.4, 0.5) is 20.7 Å². The van der Waals surface area contributed by atoms with E-state index in [-0.39, 0.29) is 29.9 Å². The van der Waals surface area contributed by atoms with Crippen molar-refractivity contribution in [1.82, 2.24) is 14.5 Å². The Hall–Kier alpha value is -3.62. The Kier molecular flexibility index (Phi) is 5.89. The van der Waals surface area contributed by atoms with Crippen molar-refractivity contribution >= 4 is 34.4 Å². The number of rotatable bonds is 3. The van der Waals surface area contributed by atoms with Crippen LogP contribution in [-0.4, -0.2) is 63.8 Å². The van der Waals surface area contributed by atoms with Gasteiger partial charge in [-0.3, -0.25) is 4.79 Å². The highest BCUT2D eigenvalue weighted by molar-refractivity contribution is 6.11. The summed E-state index contributed by atoms with van der Waals surface area (Å²) in [7, 11) is 0. The molecule has 0 N–H and O–H groups in total. The van der Waals surface area contributed by atoms with Crippen LogP contribution in [0.1, 0.15) is 41.0 Å². The fraction of sp³-hybridized carbons (Fsp3) is 0.444. The Morgan fingerprint density at radius 3 is 2.56 bits per heavy atom. The number of β-lactam (4-membered cyclic amide) rings is 1. The lowest BCUT2D eigenvalue weighted by atomic mass is 10.1. The molecule has 3 aromatic rings. The zero-order chi connectivity index (χ0) is 25.8. The van der Waals surface area contributed by atoms with Gasteiger partial charge in [-0.25, -0.2) is 14.2 Å². The molecule has 9 heteroatoms. The number of carbonyl (C=O) groups is 2. The number of fused-ring (bicyclic) bond motifs is 1. The lowest BCUT2D eigenvalue weighted by molar-refractivity contribution is -0.122. The highest BCUT2D eigenvalue weighted by atomic mass is 19.1. The van der Waals surface area contributed by atoms with Gasteiger partial charge in [-0.15, -0.1) is 0 Å². The highest BCUT2D eigenvalue weighted by Crippen LogP contribution is 2.40. The van der Waals surface area contributed by atoms with E-state index in [1.165, 1.54) is 12.1 Å². The minimum Gasteiger partial charge on any atom is -0.444 e. The number of carbonyl (C=O) groups excluding carboxylic acids is 2. The van der Waals surface area contributed by atoms with Gasteiger partial charge >= 0.3 is 6.09 Å². The molecule has 190 valence electrons. The third kappa shape index (κ3) is 4.27. The molecule has 4 heterocycles. The summed E-state index contributed by atoms with van der Waals surface area (Å²) in [6.45, 7) is 11.3. The van der Waals surface area contributed by atoms with Crippen LogP contribution in [0.2, 0.25) is 0 Å². The lowest BCUT2D eigenvalue weighted by Crippen LogP contribution is -2.59. The van der Waals surface area contributed by atoms with Crippen LogP contribution in [0.3, 0.4) is 0 Å². The van der Waals surface area contributed by atoms with Crippen LogP contribution in [0.15, 0.2) is 42.7 Å². The van der Waals surface area contributed by atoms with Gasteiger partial charge in [0.05, 0.1) is 16.6 Å². The number of piperazine rings is 1. The summed E-state index contributed by atoms with van der Waals surface area (Å²) in [6.07, 6.45) is 3.82. The van der Waals surface area contributed by atoms with Gasteiger partial charge in [0.1, 0.15) is 17.2 Å². The molecule has 2 aliphatic rings. The lowest BCUT2D eigenvalue weighted by Gasteiger charge is -2.45. The van der Waals surface area contributed by atoms with Gasteiger partial charge in [-0.1, -0.05) is 6.07 Å². The molecule has 0 unspecified atom stereocenters. The molecule has 2 amide bonds. The first-order chi connectivity index (χ1) is 17.0. The Balaban J connectivity index is 1.57. The van der Waals surface area contributed by atoms with E-state index >= 15 is 0 Å². The predicted molar refractivity (Wildman–Crippen MR) is 137 cm³/mol. The first kappa shape index (κ1) is 24.1. The smallest absolute Gasteiger partial charge is 0.410 e. The van der Waals surface area contributed by atoms with E-state index in [9.17, 15) is 14.0 Å². The summed E-state index contributed by atoms with van der Waals surface area (Å²) in [6, 6.07) is 8.15. The summed E-state index contributed by atoms with van der Waals surface area (Å²) in [5.74, 6) is 0.478. The number of benzene rings is 1. The van der Waals surface area contributed by atoms with Crippen molar-refractivity contribution in [2.45, 2.75) is 58.7 Å². The van der Waals surface area contributed by atoms with Gasteiger partial charge in [0, 0.05) is 56.2 Å². The normalized spacial score (nSPS) is 20.6. The standard InChI is InChI=1S/C27H32FN5O3/c1-17-15-32(26(35)36-27(3,4)5)18(2)14-31(17)25-24-21(9-11-29-25)33(20-8-6-7-19(28)13-20)16-22(24)30-12-10-23(30)34/h6-9,11,13,16-18H,10,12,14-15H2,1-5H3/t17-,18+/m0/s1. The molecule has 2 saturated heterocycles. The fourth-order valence-electron chi connectivity index (χ4n) is 4.97. The first-order valence-electron chi connectivity index (χ1n) is 12.4. The second kappa shape index (κ2) is 8.80. The number of ether oxygens (including phenoxy) is 1. The molecule has 36 heavy (non-hydrogen) atoms. The van der Waals surface area contributed by atoms with E-state index in [1.807, 2.05) is 50.6 Å². The van der Waals surface area contributed by atoms with Crippen LogP contribution in [0.25, 0.3) is 16.6 Å². The maximum Gasteiger partial charge on any atom is 0.410 e. The molecule has 8 nitrogen and oxygen atoms in total. The number of anilines is 2. The number of amides is 2. The second-order valence-electron chi connectivity index (χ2n) is 10.7. The van der Waals surface area contributed by atoms with Crippen molar-refractivity contribution in [3.05, 3.63) is 48.5 Å². The topological polar surface area (TPSA) is 70.9 Å². The Morgan fingerprint density at radius 1 is 1.14 bits per heavy atom. The van der Waals surface area contributed by atoms with Crippen molar-refractivity contribution in [1.29, 1.82) is 0 Å². The number of halogens is 1. The Bertz CT molecular complexity index is 1330. The molecule has 0 spiro atoms. The minimum atomic E-state index is -0.567. The van der Waals surface area contributed by atoms with Gasteiger partial charge in [0.15, 0.2) is 0 Å². The Labute approximate surface area is 210 Å². The maximum atomic E-state index is 14.1. The summed E-state index contributed by atoms with van der Waals surface area (Å²) in [5.41, 5.74) is 1.72. The molecular weight excluding hydrogens is 461 g/mol. The van der Waals surface area contributed by atoms with Crippen LogP contribution < -0.4 is 9.80 Å². The molecule has 0 aliphatic carbocycles. The highest BCUT2D eigenvalue weighted by Gasteiger charge is 2.37.